The number of halogens is 1. The number of nitrogen functional groups attached to an aromatic ring is 1. The van der Waals surface area contributed by atoms with Gasteiger partial charge in [0.05, 0.1) is 11.9 Å². The SMILES string of the molecule is Nc1ccc2oc(C(=O)Nc3ccc(Cl)nc3)cc2c1. The van der Waals surface area contributed by atoms with E-state index in [0.29, 0.717) is 22.1 Å². The van der Waals surface area contributed by atoms with Crippen molar-refractivity contribution in [3.8, 4) is 0 Å². The van der Waals surface area contributed by atoms with Gasteiger partial charge in [0.15, 0.2) is 5.76 Å². The first kappa shape index (κ1) is 12.5. The van der Waals surface area contributed by atoms with Crippen molar-refractivity contribution in [1.82, 2.24) is 4.98 Å². The van der Waals surface area contributed by atoms with Crippen LogP contribution >= 0.6 is 11.6 Å². The Balaban J connectivity index is 1.86. The van der Waals surface area contributed by atoms with Crippen molar-refractivity contribution in [2.75, 3.05) is 11.1 Å². The summed E-state index contributed by atoms with van der Waals surface area (Å²) in [6, 6.07) is 10.1. The van der Waals surface area contributed by atoms with Crippen LogP contribution in [0.1, 0.15) is 10.6 Å². The van der Waals surface area contributed by atoms with E-state index >= 15 is 0 Å². The van der Waals surface area contributed by atoms with Crippen LogP contribution in [-0.4, -0.2) is 10.9 Å². The monoisotopic (exact) mass is 287 g/mol. The summed E-state index contributed by atoms with van der Waals surface area (Å²) in [6.07, 6.45) is 1.47. The largest absolute Gasteiger partial charge is 0.451 e. The second kappa shape index (κ2) is 4.86. The molecule has 100 valence electrons. The molecule has 0 spiro atoms. The number of nitrogens with zero attached hydrogens (tertiary/aromatic N) is 1. The highest BCUT2D eigenvalue weighted by Gasteiger charge is 2.12. The first-order chi connectivity index (χ1) is 9.61. The molecule has 0 radical (unpaired) electrons. The highest BCUT2D eigenvalue weighted by molar-refractivity contribution is 6.29. The molecule has 3 aromatic rings. The van der Waals surface area contributed by atoms with E-state index < -0.39 is 0 Å². The number of benzene rings is 1. The summed E-state index contributed by atoms with van der Waals surface area (Å²) in [5, 5.41) is 3.82. The molecule has 1 aromatic carbocycles. The number of anilines is 2. The number of hydrogen-bond donors (Lipinski definition) is 2. The van der Waals surface area contributed by atoms with E-state index in [-0.39, 0.29) is 11.7 Å². The number of hydrogen-bond acceptors (Lipinski definition) is 4. The fourth-order valence-electron chi connectivity index (χ4n) is 1.82. The van der Waals surface area contributed by atoms with Crippen LogP contribution in [0.2, 0.25) is 5.15 Å². The van der Waals surface area contributed by atoms with Crippen molar-refractivity contribution in [2.45, 2.75) is 0 Å². The van der Waals surface area contributed by atoms with Gasteiger partial charge in [0.2, 0.25) is 0 Å². The molecule has 0 atom stereocenters. The molecule has 3 rings (SSSR count). The second-order valence-corrected chi connectivity index (χ2v) is 4.62. The van der Waals surface area contributed by atoms with Gasteiger partial charge in [-0.25, -0.2) is 4.98 Å². The molecular formula is C14H10ClN3O2. The zero-order chi connectivity index (χ0) is 14.1. The number of fused-ring (bicyclic) bond motifs is 1. The minimum absolute atomic E-state index is 0.209. The summed E-state index contributed by atoms with van der Waals surface area (Å²) >= 11 is 5.68. The van der Waals surface area contributed by atoms with Crippen molar-refractivity contribution < 1.29 is 9.21 Å². The van der Waals surface area contributed by atoms with E-state index in [4.69, 9.17) is 21.8 Å². The lowest BCUT2D eigenvalue weighted by molar-refractivity contribution is 0.0998. The molecule has 3 N–H and O–H groups in total. The highest BCUT2D eigenvalue weighted by atomic mass is 35.5. The Hall–Kier alpha value is -2.53. The van der Waals surface area contributed by atoms with Crippen LogP contribution in [0.25, 0.3) is 11.0 Å². The van der Waals surface area contributed by atoms with E-state index in [2.05, 4.69) is 10.3 Å². The molecule has 2 heterocycles. The topological polar surface area (TPSA) is 81.1 Å². The summed E-state index contributed by atoms with van der Waals surface area (Å²) in [4.78, 5) is 15.9. The third-order valence-corrected chi connectivity index (χ3v) is 2.97. The Morgan fingerprint density at radius 2 is 2.10 bits per heavy atom. The molecule has 1 amide bonds. The predicted molar refractivity (Wildman–Crippen MR) is 77.8 cm³/mol. The lowest BCUT2D eigenvalue weighted by Gasteiger charge is -2.01. The van der Waals surface area contributed by atoms with Crippen LogP contribution in [0.4, 0.5) is 11.4 Å². The van der Waals surface area contributed by atoms with E-state index in [0.717, 1.165) is 5.39 Å². The van der Waals surface area contributed by atoms with E-state index in [9.17, 15) is 4.79 Å². The lowest BCUT2D eigenvalue weighted by Crippen LogP contribution is -2.10. The van der Waals surface area contributed by atoms with Gasteiger partial charge < -0.3 is 15.5 Å². The van der Waals surface area contributed by atoms with Crippen LogP contribution in [0.15, 0.2) is 47.0 Å². The van der Waals surface area contributed by atoms with Crippen molar-refractivity contribution in [2.24, 2.45) is 0 Å². The number of carbonyl (C=O) groups excluding carboxylic acids is 1. The third-order valence-electron chi connectivity index (χ3n) is 2.75. The standard InChI is InChI=1S/C14H10ClN3O2/c15-13-4-2-10(7-17-13)18-14(19)12-6-8-5-9(16)1-3-11(8)20-12/h1-7H,16H2,(H,18,19). The van der Waals surface area contributed by atoms with Gasteiger partial charge in [0, 0.05) is 11.1 Å². The summed E-state index contributed by atoms with van der Waals surface area (Å²) in [5.41, 5.74) is 7.45. The van der Waals surface area contributed by atoms with Gasteiger partial charge in [-0.2, -0.15) is 0 Å². The molecule has 0 aliphatic heterocycles. The van der Waals surface area contributed by atoms with Gasteiger partial charge in [0.25, 0.3) is 5.91 Å². The van der Waals surface area contributed by atoms with Gasteiger partial charge in [0.1, 0.15) is 10.7 Å². The summed E-state index contributed by atoms with van der Waals surface area (Å²) in [7, 11) is 0. The van der Waals surface area contributed by atoms with Crippen molar-refractivity contribution in [3.63, 3.8) is 0 Å². The molecule has 0 saturated carbocycles. The zero-order valence-electron chi connectivity index (χ0n) is 10.3. The fraction of sp³-hybridized carbons (Fsp3) is 0. The van der Waals surface area contributed by atoms with Crippen LogP contribution in [0, 0.1) is 0 Å². The van der Waals surface area contributed by atoms with Gasteiger partial charge in [-0.05, 0) is 36.4 Å². The first-order valence-corrected chi connectivity index (χ1v) is 6.21. The van der Waals surface area contributed by atoms with Crippen LogP contribution in [-0.2, 0) is 0 Å². The summed E-state index contributed by atoms with van der Waals surface area (Å²) in [5.74, 6) is -0.149. The zero-order valence-corrected chi connectivity index (χ0v) is 11.0. The highest BCUT2D eigenvalue weighted by Crippen LogP contribution is 2.22. The molecule has 0 aliphatic rings. The fourth-order valence-corrected chi connectivity index (χ4v) is 1.93. The minimum Gasteiger partial charge on any atom is -0.451 e. The third kappa shape index (κ3) is 2.44. The average Bonchev–Trinajstić information content (AvgIpc) is 2.84. The Morgan fingerprint density at radius 1 is 1.25 bits per heavy atom. The van der Waals surface area contributed by atoms with Crippen molar-refractivity contribution in [3.05, 3.63) is 53.5 Å². The minimum atomic E-state index is -0.358. The van der Waals surface area contributed by atoms with Gasteiger partial charge in [-0.1, -0.05) is 11.6 Å². The number of furan rings is 1. The van der Waals surface area contributed by atoms with E-state index in [1.807, 2.05) is 0 Å². The van der Waals surface area contributed by atoms with Gasteiger partial charge in [-0.3, -0.25) is 4.79 Å². The van der Waals surface area contributed by atoms with Gasteiger partial charge in [-0.15, -0.1) is 0 Å². The Labute approximate surface area is 119 Å². The number of carbonyl (C=O) groups is 1. The number of nitrogens with two attached hydrogens (primary N) is 1. The maximum Gasteiger partial charge on any atom is 0.291 e. The average molecular weight is 288 g/mol. The number of nitrogens with one attached hydrogen (secondary N) is 1. The lowest BCUT2D eigenvalue weighted by atomic mass is 10.2. The van der Waals surface area contributed by atoms with E-state index in [1.54, 1.807) is 36.4 Å². The number of amides is 1. The maximum absolute atomic E-state index is 12.1. The van der Waals surface area contributed by atoms with Crippen LogP contribution in [0.3, 0.4) is 0 Å². The molecule has 20 heavy (non-hydrogen) atoms. The molecule has 0 bridgehead atoms. The maximum atomic E-state index is 12.1. The molecule has 6 heteroatoms. The first-order valence-electron chi connectivity index (χ1n) is 5.84. The van der Waals surface area contributed by atoms with Crippen LogP contribution < -0.4 is 11.1 Å². The molecule has 5 nitrogen and oxygen atoms in total. The number of rotatable bonds is 2. The molecule has 0 unspecified atom stereocenters. The predicted octanol–water partition coefficient (Wildman–Crippen LogP) is 3.32. The van der Waals surface area contributed by atoms with Gasteiger partial charge >= 0.3 is 0 Å². The summed E-state index contributed by atoms with van der Waals surface area (Å²) < 4.78 is 5.47. The molecular weight excluding hydrogens is 278 g/mol. The molecule has 0 fully saturated rings. The normalized spacial score (nSPS) is 10.7. The molecule has 0 saturated heterocycles. The smallest absolute Gasteiger partial charge is 0.291 e. The molecule has 0 aliphatic carbocycles. The Morgan fingerprint density at radius 3 is 2.85 bits per heavy atom. The Kier molecular flexibility index (Phi) is 3.04. The number of pyridine rings is 1. The number of aromatic nitrogens is 1. The van der Waals surface area contributed by atoms with E-state index in [1.165, 1.54) is 6.20 Å². The molecule has 2 aromatic heterocycles. The summed E-state index contributed by atoms with van der Waals surface area (Å²) in [6.45, 7) is 0. The quantitative estimate of drug-likeness (QED) is 0.559. The second-order valence-electron chi connectivity index (χ2n) is 4.23. The van der Waals surface area contributed by atoms with Crippen LogP contribution in [0.5, 0.6) is 0 Å². The van der Waals surface area contributed by atoms with Crippen molar-refractivity contribution >= 4 is 39.9 Å². The van der Waals surface area contributed by atoms with Crippen molar-refractivity contribution in [1.29, 1.82) is 0 Å². The Bertz CT molecular complexity index is 781.